The molecule has 1 saturated carbocycles. The van der Waals surface area contributed by atoms with Crippen molar-refractivity contribution in [2.45, 2.75) is 45.4 Å². The molecule has 1 aliphatic carbocycles. The molecule has 0 amide bonds. The minimum absolute atomic E-state index is 0.136. The van der Waals surface area contributed by atoms with E-state index >= 15 is 0 Å². The van der Waals surface area contributed by atoms with Crippen molar-refractivity contribution in [3.63, 3.8) is 0 Å². The van der Waals surface area contributed by atoms with Crippen molar-refractivity contribution >= 4 is 29.0 Å². The fourth-order valence-corrected chi connectivity index (χ4v) is 2.73. The second kappa shape index (κ2) is 9.91. The van der Waals surface area contributed by atoms with E-state index in [0.29, 0.717) is 0 Å². The number of anilines is 1. The lowest BCUT2D eigenvalue weighted by Gasteiger charge is -2.28. The third-order valence-corrected chi connectivity index (χ3v) is 5.32. The molecule has 0 unspecified atom stereocenters. The Morgan fingerprint density at radius 1 is 1.23 bits per heavy atom. The topological polar surface area (TPSA) is 6.48 Å². The van der Waals surface area contributed by atoms with Gasteiger partial charge in [0.2, 0.25) is 0 Å². The Morgan fingerprint density at radius 3 is 2.23 bits per heavy atom. The Kier molecular flexibility index (Phi) is 8.55. The fourth-order valence-electron chi connectivity index (χ4n) is 2.73. The van der Waals surface area contributed by atoms with Gasteiger partial charge in [-0.2, -0.15) is 0 Å². The largest absolute Gasteiger partial charge is 0.374 e. The van der Waals surface area contributed by atoms with Gasteiger partial charge in [0.25, 0.3) is 0 Å². The first-order valence-corrected chi connectivity index (χ1v) is 9.80. The SMILES string of the molecule is C=CCC(C)(C)c1ccc(C=C)c(N(C)CC2CC2)c1.CC(=S)N(C)C. The molecular formula is C23H36N2S. The molecule has 1 aliphatic rings. The van der Waals surface area contributed by atoms with Crippen molar-refractivity contribution in [3.05, 3.63) is 48.6 Å². The highest BCUT2D eigenvalue weighted by molar-refractivity contribution is 7.80. The fraction of sp³-hybridized carbons (Fsp3) is 0.522. The number of hydrogen-bond acceptors (Lipinski definition) is 2. The summed E-state index contributed by atoms with van der Waals surface area (Å²) in [7, 11) is 6.07. The number of hydrogen-bond donors (Lipinski definition) is 0. The molecule has 0 atom stereocenters. The van der Waals surface area contributed by atoms with Gasteiger partial charge in [-0.25, -0.2) is 0 Å². The van der Waals surface area contributed by atoms with Crippen LogP contribution in [0.25, 0.3) is 6.08 Å². The van der Waals surface area contributed by atoms with Crippen LogP contribution in [0, 0.1) is 5.92 Å². The van der Waals surface area contributed by atoms with E-state index in [9.17, 15) is 0 Å². The van der Waals surface area contributed by atoms with E-state index < -0.39 is 0 Å². The van der Waals surface area contributed by atoms with Gasteiger partial charge in [-0.3, -0.25) is 0 Å². The van der Waals surface area contributed by atoms with E-state index in [2.05, 4.69) is 57.2 Å². The first kappa shape index (κ1) is 22.4. The van der Waals surface area contributed by atoms with Crippen LogP contribution >= 0.6 is 12.2 Å². The Balaban J connectivity index is 0.000000487. The van der Waals surface area contributed by atoms with E-state index in [4.69, 9.17) is 12.2 Å². The quantitative estimate of drug-likeness (QED) is 0.433. The van der Waals surface area contributed by atoms with Gasteiger partial charge in [0, 0.05) is 33.4 Å². The zero-order valence-corrected chi connectivity index (χ0v) is 18.3. The van der Waals surface area contributed by atoms with E-state index in [-0.39, 0.29) is 5.41 Å². The highest BCUT2D eigenvalue weighted by atomic mass is 32.1. The van der Waals surface area contributed by atoms with Crippen molar-refractivity contribution in [2.24, 2.45) is 5.92 Å². The van der Waals surface area contributed by atoms with Crippen LogP contribution in [-0.2, 0) is 5.41 Å². The zero-order chi connectivity index (χ0) is 19.9. The van der Waals surface area contributed by atoms with Crippen LogP contribution in [0.1, 0.15) is 51.2 Å². The lowest BCUT2D eigenvalue weighted by molar-refractivity contribution is 0.534. The first-order valence-electron chi connectivity index (χ1n) is 9.39. The standard InChI is InChI=1S/C19H27N.C4H9NS/c1-6-12-19(3,4)17-11-10-16(7-2)18(13-17)20(5)14-15-8-9-15;1-4(6)5(2)3/h6-7,10-11,13,15H,1-2,8-9,12,14H2,3-5H3;1-3H3. The highest BCUT2D eigenvalue weighted by Gasteiger charge is 2.25. The van der Waals surface area contributed by atoms with Gasteiger partial charge in [-0.05, 0) is 54.7 Å². The molecule has 0 aliphatic heterocycles. The third-order valence-electron chi connectivity index (χ3n) is 4.96. The van der Waals surface area contributed by atoms with Crippen LogP contribution in [-0.4, -0.2) is 37.6 Å². The molecule has 0 aromatic heterocycles. The van der Waals surface area contributed by atoms with Gasteiger partial charge in [0.15, 0.2) is 0 Å². The molecule has 0 heterocycles. The summed E-state index contributed by atoms with van der Waals surface area (Å²) in [5.41, 5.74) is 4.05. The average Bonchev–Trinajstić information content (AvgIpc) is 3.38. The van der Waals surface area contributed by atoms with Crippen LogP contribution in [0.15, 0.2) is 37.4 Å². The van der Waals surface area contributed by atoms with Crippen LogP contribution in [0.2, 0.25) is 0 Å². The van der Waals surface area contributed by atoms with E-state index in [1.165, 1.54) is 29.7 Å². The predicted molar refractivity (Wildman–Crippen MR) is 122 cm³/mol. The molecule has 0 saturated heterocycles. The number of thiocarbonyl (C=S) groups is 1. The maximum absolute atomic E-state index is 4.75. The van der Waals surface area contributed by atoms with E-state index in [1.807, 2.05) is 38.1 Å². The van der Waals surface area contributed by atoms with Gasteiger partial charge >= 0.3 is 0 Å². The summed E-state index contributed by atoms with van der Waals surface area (Å²) in [4.78, 5) is 5.22. The molecule has 2 nitrogen and oxygen atoms in total. The molecule has 144 valence electrons. The van der Waals surface area contributed by atoms with Crippen LogP contribution < -0.4 is 4.90 Å². The van der Waals surface area contributed by atoms with Crippen molar-refractivity contribution in [2.75, 3.05) is 32.6 Å². The number of allylic oxidation sites excluding steroid dienone is 1. The van der Waals surface area contributed by atoms with Gasteiger partial charge in [0.05, 0.1) is 4.99 Å². The molecular weight excluding hydrogens is 336 g/mol. The van der Waals surface area contributed by atoms with Gasteiger partial charge in [0.1, 0.15) is 0 Å². The molecule has 0 spiro atoms. The predicted octanol–water partition coefficient (Wildman–Crippen LogP) is 5.92. The Morgan fingerprint density at radius 2 is 1.81 bits per heavy atom. The van der Waals surface area contributed by atoms with E-state index in [1.54, 1.807) is 0 Å². The molecule has 26 heavy (non-hydrogen) atoms. The van der Waals surface area contributed by atoms with Crippen LogP contribution in [0.3, 0.4) is 0 Å². The molecule has 1 aromatic rings. The third kappa shape index (κ3) is 6.95. The van der Waals surface area contributed by atoms with E-state index in [0.717, 1.165) is 23.9 Å². The van der Waals surface area contributed by atoms with Crippen LogP contribution in [0.5, 0.6) is 0 Å². The van der Waals surface area contributed by atoms with Gasteiger partial charge < -0.3 is 9.80 Å². The minimum Gasteiger partial charge on any atom is -0.374 e. The molecule has 0 radical (unpaired) electrons. The monoisotopic (exact) mass is 372 g/mol. The second-order valence-electron chi connectivity index (χ2n) is 8.09. The summed E-state index contributed by atoms with van der Waals surface area (Å²) in [5, 5.41) is 0. The Labute approximate surface area is 166 Å². The Bertz CT molecular complexity index is 627. The normalized spacial score (nSPS) is 13.3. The summed E-state index contributed by atoms with van der Waals surface area (Å²) >= 11 is 4.75. The highest BCUT2D eigenvalue weighted by Crippen LogP contribution is 2.35. The molecule has 2 rings (SSSR count). The lowest BCUT2D eigenvalue weighted by atomic mass is 9.81. The molecule has 0 N–H and O–H groups in total. The second-order valence-corrected chi connectivity index (χ2v) is 8.68. The molecule has 0 bridgehead atoms. The number of benzene rings is 1. The maximum Gasteiger partial charge on any atom is 0.0742 e. The maximum atomic E-state index is 4.75. The van der Waals surface area contributed by atoms with Crippen molar-refractivity contribution in [1.82, 2.24) is 4.90 Å². The van der Waals surface area contributed by atoms with Gasteiger partial charge in [-0.15, -0.1) is 6.58 Å². The number of rotatable bonds is 7. The molecule has 3 heteroatoms. The summed E-state index contributed by atoms with van der Waals surface area (Å²) < 4.78 is 0. The zero-order valence-electron chi connectivity index (χ0n) is 17.5. The summed E-state index contributed by atoms with van der Waals surface area (Å²) in [6.07, 6.45) is 7.73. The molecule has 1 aromatic carbocycles. The average molecular weight is 373 g/mol. The summed E-state index contributed by atoms with van der Waals surface area (Å²) in [5.74, 6) is 0.891. The first-order chi connectivity index (χ1) is 12.1. The Hall–Kier alpha value is -1.61. The summed E-state index contributed by atoms with van der Waals surface area (Å²) in [6.45, 7) is 15.5. The van der Waals surface area contributed by atoms with Crippen LogP contribution in [0.4, 0.5) is 5.69 Å². The lowest BCUT2D eigenvalue weighted by Crippen LogP contribution is -2.22. The minimum atomic E-state index is 0.136. The van der Waals surface area contributed by atoms with Crippen molar-refractivity contribution in [3.8, 4) is 0 Å². The van der Waals surface area contributed by atoms with Crippen molar-refractivity contribution in [1.29, 1.82) is 0 Å². The summed E-state index contributed by atoms with van der Waals surface area (Å²) in [6, 6.07) is 6.77. The molecule has 1 fully saturated rings. The van der Waals surface area contributed by atoms with Gasteiger partial charge in [-0.1, -0.05) is 56.9 Å². The number of nitrogens with zero attached hydrogens (tertiary/aromatic N) is 2. The smallest absolute Gasteiger partial charge is 0.0742 e. The van der Waals surface area contributed by atoms with Crippen molar-refractivity contribution < 1.29 is 0 Å².